The normalized spacial score (nSPS) is 10.4. The van der Waals surface area contributed by atoms with Gasteiger partial charge in [0.15, 0.2) is 0 Å². The van der Waals surface area contributed by atoms with E-state index in [-0.39, 0.29) is 5.56 Å². The van der Waals surface area contributed by atoms with Gasteiger partial charge in [-0.1, -0.05) is 19.1 Å². The molecule has 1 aromatic carbocycles. The second-order valence-corrected chi connectivity index (χ2v) is 4.23. The van der Waals surface area contributed by atoms with E-state index in [2.05, 4.69) is 6.92 Å². The van der Waals surface area contributed by atoms with Gasteiger partial charge in [0.1, 0.15) is 11.3 Å². The fourth-order valence-electron chi connectivity index (χ4n) is 1.58. The van der Waals surface area contributed by atoms with Crippen molar-refractivity contribution in [2.24, 2.45) is 0 Å². The first kappa shape index (κ1) is 16.5. The fraction of sp³-hybridized carbons (Fsp3) is 0.533. The van der Waals surface area contributed by atoms with Crippen molar-refractivity contribution in [3.05, 3.63) is 29.8 Å². The van der Waals surface area contributed by atoms with Gasteiger partial charge in [0, 0.05) is 19.6 Å². The maximum Gasteiger partial charge on any atom is 0.339 e. The smallest absolute Gasteiger partial charge is 0.339 e. The molecule has 0 aliphatic rings. The number of hydrogen-bond donors (Lipinski definition) is 1. The number of aromatic carboxylic acids is 1. The van der Waals surface area contributed by atoms with Gasteiger partial charge in [0.2, 0.25) is 0 Å². The van der Waals surface area contributed by atoms with Crippen molar-refractivity contribution in [3.63, 3.8) is 0 Å². The summed E-state index contributed by atoms with van der Waals surface area (Å²) in [6, 6.07) is 6.61. The first-order chi connectivity index (χ1) is 9.75. The average Bonchev–Trinajstić information content (AvgIpc) is 2.46. The summed E-state index contributed by atoms with van der Waals surface area (Å²) in [5.41, 5.74) is 0.182. The molecule has 0 unspecified atom stereocenters. The van der Waals surface area contributed by atoms with E-state index in [1.165, 1.54) is 6.07 Å². The van der Waals surface area contributed by atoms with Crippen LogP contribution in [-0.2, 0) is 9.47 Å². The van der Waals surface area contributed by atoms with Crippen LogP contribution in [-0.4, -0.2) is 44.1 Å². The minimum Gasteiger partial charge on any atom is -0.493 e. The predicted octanol–water partition coefficient (Wildman–Crippen LogP) is 2.60. The number of hydrogen-bond acceptors (Lipinski definition) is 4. The van der Waals surface area contributed by atoms with Crippen LogP contribution < -0.4 is 4.74 Å². The number of rotatable bonds is 11. The molecule has 112 valence electrons. The molecule has 20 heavy (non-hydrogen) atoms. The number of carboxylic acids is 1. The standard InChI is InChI=1S/C15H22O5/c1-2-8-18-11-12-19-9-5-10-20-14-7-4-3-6-13(14)15(16)17/h3-4,6-7H,2,5,8-12H2,1H3,(H,16,17). The fourth-order valence-corrected chi connectivity index (χ4v) is 1.58. The van der Waals surface area contributed by atoms with Crippen LogP contribution in [0.4, 0.5) is 0 Å². The third-order valence-corrected chi connectivity index (χ3v) is 2.53. The Labute approximate surface area is 119 Å². The van der Waals surface area contributed by atoms with Gasteiger partial charge in [-0.15, -0.1) is 0 Å². The predicted molar refractivity (Wildman–Crippen MR) is 75.4 cm³/mol. The quantitative estimate of drug-likeness (QED) is 0.632. The summed E-state index contributed by atoms with van der Waals surface area (Å²) in [6.45, 7) is 5.01. The summed E-state index contributed by atoms with van der Waals surface area (Å²) in [6.07, 6.45) is 1.72. The molecule has 0 heterocycles. The molecule has 0 atom stereocenters. The van der Waals surface area contributed by atoms with Crippen LogP contribution in [0.3, 0.4) is 0 Å². The Balaban J connectivity index is 2.11. The lowest BCUT2D eigenvalue weighted by Gasteiger charge is -2.09. The zero-order valence-corrected chi connectivity index (χ0v) is 11.8. The molecule has 0 radical (unpaired) electrons. The van der Waals surface area contributed by atoms with Gasteiger partial charge in [-0.25, -0.2) is 4.79 Å². The largest absolute Gasteiger partial charge is 0.493 e. The van der Waals surface area contributed by atoms with E-state index in [0.29, 0.717) is 38.6 Å². The van der Waals surface area contributed by atoms with Gasteiger partial charge in [0.05, 0.1) is 19.8 Å². The van der Waals surface area contributed by atoms with E-state index in [4.69, 9.17) is 19.3 Å². The van der Waals surface area contributed by atoms with Crippen LogP contribution >= 0.6 is 0 Å². The van der Waals surface area contributed by atoms with Crippen LogP contribution in [0, 0.1) is 0 Å². The second-order valence-electron chi connectivity index (χ2n) is 4.23. The molecule has 1 aromatic rings. The maximum atomic E-state index is 11.0. The number of benzene rings is 1. The van der Waals surface area contributed by atoms with Gasteiger partial charge in [-0.2, -0.15) is 0 Å². The molecule has 0 saturated carbocycles. The highest BCUT2D eigenvalue weighted by Gasteiger charge is 2.09. The average molecular weight is 282 g/mol. The van der Waals surface area contributed by atoms with E-state index < -0.39 is 5.97 Å². The maximum absolute atomic E-state index is 11.0. The van der Waals surface area contributed by atoms with E-state index in [9.17, 15) is 4.79 Å². The molecule has 1 rings (SSSR count). The Morgan fingerprint density at radius 1 is 1.05 bits per heavy atom. The van der Waals surface area contributed by atoms with Crippen molar-refractivity contribution in [2.45, 2.75) is 19.8 Å². The Bertz CT molecular complexity index is 392. The van der Waals surface area contributed by atoms with Crippen molar-refractivity contribution < 1.29 is 24.1 Å². The molecule has 0 amide bonds. The van der Waals surface area contributed by atoms with Crippen LogP contribution in [0.15, 0.2) is 24.3 Å². The first-order valence-electron chi connectivity index (χ1n) is 6.86. The van der Waals surface area contributed by atoms with Crippen molar-refractivity contribution in [2.75, 3.05) is 33.0 Å². The molecular formula is C15H22O5. The van der Waals surface area contributed by atoms with E-state index >= 15 is 0 Å². The van der Waals surface area contributed by atoms with Crippen molar-refractivity contribution >= 4 is 5.97 Å². The third kappa shape index (κ3) is 6.54. The van der Waals surface area contributed by atoms with Crippen molar-refractivity contribution in [1.82, 2.24) is 0 Å². The topological polar surface area (TPSA) is 65.0 Å². The van der Waals surface area contributed by atoms with Gasteiger partial charge in [-0.3, -0.25) is 0 Å². The highest BCUT2D eigenvalue weighted by atomic mass is 16.5. The molecule has 0 bridgehead atoms. The van der Waals surface area contributed by atoms with E-state index in [1.54, 1.807) is 18.2 Å². The van der Waals surface area contributed by atoms with Crippen LogP contribution in [0.25, 0.3) is 0 Å². The highest BCUT2D eigenvalue weighted by molar-refractivity contribution is 5.90. The summed E-state index contributed by atoms with van der Waals surface area (Å²) >= 11 is 0. The molecule has 0 aliphatic heterocycles. The van der Waals surface area contributed by atoms with Gasteiger partial charge >= 0.3 is 5.97 Å². The highest BCUT2D eigenvalue weighted by Crippen LogP contribution is 2.17. The Hall–Kier alpha value is -1.59. The van der Waals surface area contributed by atoms with E-state index in [0.717, 1.165) is 13.0 Å². The summed E-state index contributed by atoms with van der Waals surface area (Å²) in [5.74, 6) is -0.587. The lowest BCUT2D eigenvalue weighted by atomic mass is 10.2. The lowest BCUT2D eigenvalue weighted by molar-refractivity contribution is 0.0437. The number of carbonyl (C=O) groups is 1. The van der Waals surface area contributed by atoms with Gasteiger partial charge in [-0.05, 0) is 18.6 Å². The van der Waals surface area contributed by atoms with Crippen molar-refractivity contribution in [3.8, 4) is 5.75 Å². The number of carboxylic acid groups (broad SMARTS) is 1. The van der Waals surface area contributed by atoms with Gasteiger partial charge < -0.3 is 19.3 Å². The summed E-state index contributed by atoms with van der Waals surface area (Å²) in [5, 5.41) is 8.99. The molecular weight excluding hydrogens is 260 g/mol. The van der Waals surface area contributed by atoms with Crippen molar-refractivity contribution in [1.29, 1.82) is 0 Å². The van der Waals surface area contributed by atoms with Crippen LogP contribution in [0.1, 0.15) is 30.1 Å². The summed E-state index contributed by atoms with van der Waals surface area (Å²) in [7, 11) is 0. The number of ether oxygens (including phenoxy) is 3. The van der Waals surface area contributed by atoms with Crippen LogP contribution in [0.2, 0.25) is 0 Å². The Morgan fingerprint density at radius 3 is 2.45 bits per heavy atom. The lowest BCUT2D eigenvalue weighted by Crippen LogP contribution is -2.09. The number of para-hydroxylation sites is 1. The summed E-state index contributed by atoms with van der Waals surface area (Å²) in [4.78, 5) is 11.0. The monoisotopic (exact) mass is 282 g/mol. The molecule has 1 N–H and O–H groups in total. The first-order valence-corrected chi connectivity index (χ1v) is 6.86. The zero-order valence-electron chi connectivity index (χ0n) is 11.8. The van der Waals surface area contributed by atoms with Crippen LogP contribution in [0.5, 0.6) is 5.75 Å². The molecule has 0 spiro atoms. The Morgan fingerprint density at radius 2 is 1.75 bits per heavy atom. The molecule has 5 nitrogen and oxygen atoms in total. The zero-order chi connectivity index (χ0) is 14.6. The molecule has 5 heteroatoms. The van der Waals surface area contributed by atoms with Gasteiger partial charge in [0.25, 0.3) is 0 Å². The minimum atomic E-state index is -0.982. The third-order valence-electron chi connectivity index (χ3n) is 2.53. The SMILES string of the molecule is CCCOCCOCCCOc1ccccc1C(=O)O. The molecule has 0 fully saturated rings. The summed E-state index contributed by atoms with van der Waals surface area (Å²) < 4.78 is 16.1. The molecule has 0 saturated heterocycles. The second kappa shape index (κ2) is 10.2. The molecule has 0 aromatic heterocycles. The molecule has 0 aliphatic carbocycles. The Kier molecular flexibility index (Phi) is 8.42. The van der Waals surface area contributed by atoms with E-state index in [1.807, 2.05) is 0 Å². The minimum absolute atomic E-state index is 0.182.